The number of allylic oxidation sites excluding steroid dienone is 5. The van der Waals surface area contributed by atoms with Crippen LogP contribution in [0.3, 0.4) is 0 Å². The van der Waals surface area contributed by atoms with Gasteiger partial charge in [-0.3, -0.25) is 4.79 Å². The number of carbonyl (C=O) groups is 2. The highest BCUT2D eigenvalue weighted by molar-refractivity contribution is 5.94. The summed E-state index contributed by atoms with van der Waals surface area (Å²) >= 11 is 0. The molecule has 0 saturated heterocycles. The van der Waals surface area contributed by atoms with E-state index in [1.807, 2.05) is 25.2 Å². The molecule has 0 saturated carbocycles. The number of hydrogen-bond acceptors (Lipinski definition) is 4. The molecule has 0 aliphatic heterocycles. The molecule has 5 nitrogen and oxygen atoms in total. The van der Waals surface area contributed by atoms with Crippen LogP contribution >= 0.6 is 0 Å². The fraction of sp³-hybridized carbons (Fsp3) is 0.364. The number of halogens is 2. The van der Waals surface area contributed by atoms with E-state index in [0.29, 0.717) is 6.42 Å². The van der Waals surface area contributed by atoms with Gasteiger partial charge < -0.3 is 15.8 Å². The van der Waals surface area contributed by atoms with Crippen molar-refractivity contribution in [3.05, 3.63) is 59.2 Å². The molecule has 7 heteroatoms. The van der Waals surface area contributed by atoms with Gasteiger partial charge in [-0.2, -0.15) is 0 Å². The summed E-state index contributed by atoms with van der Waals surface area (Å²) in [6.07, 6.45) is 7.89. The van der Waals surface area contributed by atoms with Crippen molar-refractivity contribution in [3.63, 3.8) is 0 Å². The SMILES string of the molecule is C/C(=C\C(=O)OC(C)(C)C)C1=CCC(CC(=O)Nc2ccc(F)c(F)c2N)C=C1. The first-order valence-electron chi connectivity index (χ1n) is 9.29. The Balaban J connectivity index is 1.93. The maximum absolute atomic E-state index is 13.5. The van der Waals surface area contributed by atoms with Crippen LogP contribution in [0.1, 0.15) is 40.5 Å². The Labute approximate surface area is 169 Å². The zero-order valence-electron chi connectivity index (χ0n) is 17.0. The van der Waals surface area contributed by atoms with E-state index >= 15 is 0 Å². The van der Waals surface area contributed by atoms with Gasteiger partial charge in [0.2, 0.25) is 5.91 Å². The number of hydrogen-bond donors (Lipinski definition) is 2. The van der Waals surface area contributed by atoms with Crippen LogP contribution in [0.4, 0.5) is 20.2 Å². The minimum Gasteiger partial charge on any atom is -0.457 e. The maximum atomic E-state index is 13.5. The summed E-state index contributed by atoms with van der Waals surface area (Å²) in [5.41, 5.74) is 6.21. The van der Waals surface area contributed by atoms with Crippen molar-refractivity contribution in [3.8, 4) is 0 Å². The molecule has 0 heterocycles. The number of carbonyl (C=O) groups excluding carboxylic acids is 2. The van der Waals surface area contributed by atoms with Crippen LogP contribution in [0.5, 0.6) is 0 Å². The first-order chi connectivity index (χ1) is 13.5. The Morgan fingerprint density at radius 2 is 2.00 bits per heavy atom. The smallest absolute Gasteiger partial charge is 0.331 e. The highest BCUT2D eigenvalue weighted by Gasteiger charge is 2.18. The molecule has 0 fully saturated rings. The van der Waals surface area contributed by atoms with E-state index in [1.54, 1.807) is 20.8 Å². The lowest BCUT2D eigenvalue weighted by atomic mass is 9.91. The third-order valence-electron chi connectivity index (χ3n) is 4.24. The molecule has 0 radical (unpaired) electrons. The molecule has 1 amide bonds. The van der Waals surface area contributed by atoms with Crippen LogP contribution in [0, 0.1) is 17.6 Å². The second-order valence-electron chi connectivity index (χ2n) is 7.95. The second-order valence-corrected chi connectivity index (χ2v) is 7.95. The molecule has 1 aromatic carbocycles. The van der Waals surface area contributed by atoms with Crippen molar-refractivity contribution in [1.82, 2.24) is 0 Å². The Kier molecular flexibility index (Phi) is 6.95. The van der Waals surface area contributed by atoms with E-state index in [2.05, 4.69) is 5.32 Å². The summed E-state index contributed by atoms with van der Waals surface area (Å²) in [6.45, 7) is 7.23. The summed E-state index contributed by atoms with van der Waals surface area (Å²) in [4.78, 5) is 24.1. The molecule has 1 atom stereocenters. The number of benzene rings is 1. The largest absolute Gasteiger partial charge is 0.457 e. The molecule has 1 aliphatic rings. The molecule has 156 valence electrons. The highest BCUT2D eigenvalue weighted by atomic mass is 19.2. The third kappa shape index (κ3) is 6.55. The first kappa shape index (κ1) is 22.3. The van der Waals surface area contributed by atoms with E-state index in [0.717, 1.165) is 17.2 Å². The van der Waals surface area contributed by atoms with Crippen LogP contribution in [0.2, 0.25) is 0 Å². The molecule has 1 aliphatic carbocycles. The molecule has 1 aromatic rings. The minimum atomic E-state index is -1.18. The van der Waals surface area contributed by atoms with E-state index in [1.165, 1.54) is 12.1 Å². The Morgan fingerprint density at radius 3 is 2.59 bits per heavy atom. The van der Waals surface area contributed by atoms with Crippen molar-refractivity contribution in [1.29, 1.82) is 0 Å². The average molecular weight is 404 g/mol. The topological polar surface area (TPSA) is 81.4 Å². The molecule has 0 aromatic heterocycles. The number of nitrogen functional groups attached to an aromatic ring is 1. The molecule has 1 unspecified atom stereocenters. The van der Waals surface area contributed by atoms with Gasteiger partial charge in [0.25, 0.3) is 0 Å². The molecule has 29 heavy (non-hydrogen) atoms. The number of esters is 1. The second kappa shape index (κ2) is 9.03. The normalized spacial score (nSPS) is 17.0. The Morgan fingerprint density at radius 1 is 1.31 bits per heavy atom. The summed E-state index contributed by atoms with van der Waals surface area (Å²) in [6, 6.07) is 2.14. The van der Waals surface area contributed by atoms with Crippen molar-refractivity contribution >= 4 is 23.3 Å². The van der Waals surface area contributed by atoms with Gasteiger partial charge in [0, 0.05) is 12.5 Å². The monoisotopic (exact) mass is 404 g/mol. The van der Waals surface area contributed by atoms with Gasteiger partial charge >= 0.3 is 5.97 Å². The van der Waals surface area contributed by atoms with Crippen LogP contribution in [0.15, 0.2) is 47.6 Å². The fourth-order valence-electron chi connectivity index (χ4n) is 2.81. The van der Waals surface area contributed by atoms with Crippen molar-refractivity contribution in [2.45, 2.75) is 46.1 Å². The van der Waals surface area contributed by atoms with Crippen molar-refractivity contribution in [2.24, 2.45) is 5.92 Å². The lowest BCUT2D eigenvalue weighted by Crippen LogP contribution is -2.22. The quantitative estimate of drug-likeness (QED) is 0.425. The fourth-order valence-corrected chi connectivity index (χ4v) is 2.81. The van der Waals surface area contributed by atoms with Gasteiger partial charge in [-0.1, -0.05) is 18.2 Å². The molecule has 3 N–H and O–H groups in total. The van der Waals surface area contributed by atoms with Gasteiger partial charge in [0.1, 0.15) is 5.60 Å². The maximum Gasteiger partial charge on any atom is 0.331 e. The minimum absolute atomic E-state index is 0.0426. The molecule has 0 bridgehead atoms. The Bertz CT molecular complexity index is 896. The van der Waals surface area contributed by atoms with Crippen LogP contribution in [-0.2, 0) is 14.3 Å². The highest BCUT2D eigenvalue weighted by Crippen LogP contribution is 2.27. The van der Waals surface area contributed by atoms with E-state index < -0.39 is 28.9 Å². The number of nitrogens with one attached hydrogen (secondary N) is 1. The van der Waals surface area contributed by atoms with Crippen molar-refractivity contribution < 1.29 is 23.1 Å². The van der Waals surface area contributed by atoms with Gasteiger partial charge in [-0.15, -0.1) is 0 Å². The number of anilines is 2. The summed E-state index contributed by atoms with van der Waals surface area (Å²) in [5, 5.41) is 2.51. The van der Waals surface area contributed by atoms with Gasteiger partial charge in [0.15, 0.2) is 11.6 Å². The molecule has 2 rings (SSSR count). The standard InChI is InChI=1S/C22H26F2N2O3/c1-13(11-19(28)29-22(2,3)4)15-7-5-14(6-8-15)12-18(27)26-17-10-9-16(23)20(24)21(17)25/h5,7-11,14H,6,12,25H2,1-4H3,(H,26,27)/b13-11+. The molecular weight excluding hydrogens is 378 g/mol. The Hall–Kier alpha value is -2.96. The van der Waals surface area contributed by atoms with E-state index in [4.69, 9.17) is 10.5 Å². The number of nitrogens with two attached hydrogens (primary N) is 1. The van der Waals surface area contributed by atoms with E-state index in [9.17, 15) is 18.4 Å². The first-order valence-corrected chi connectivity index (χ1v) is 9.29. The zero-order valence-corrected chi connectivity index (χ0v) is 17.0. The predicted molar refractivity (Wildman–Crippen MR) is 109 cm³/mol. The lowest BCUT2D eigenvalue weighted by molar-refractivity contribution is -0.148. The number of rotatable bonds is 5. The van der Waals surface area contributed by atoms with Crippen LogP contribution in [0.25, 0.3) is 0 Å². The summed E-state index contributed by atoms with van der Waals surface area (Å²) in [5.74, 6) is -3.06. The number of ether oxygens (including phenoxy) is 1. The lowest BCUT2D eigenvalue weighted by Gasteiger charge is -2.19. The molecular formula is C22H26F2N2O3. The third-order valence-corrected chi connectivity index (χ3v) is 4.24. The average Bonchev–Trinajstić information content (AvgIpc) is 2.61. The van der Waals surface area contributed by atoms with Gasteiger partial charge in [-0.05, 0) is 63.3 Å². The summed E-state index contributed by atoms with van der Waals surface area (Å²) < 4.78 is 31.9. The predicted octanol–water partition coefficient (Wildman–Crippen LogP) is 4.67. The van der Waals surface area contributed by atoms with Gasteiger partial charge in [-0.25, -0.2) is 13.6 Å². The summed E-state index contributed by atoms with van der Waals surface area (Å²) in [7, 11) is 0. The van der Waals surface area contributed by atoms with Crippen LogP contribution < -0.4 is 11.1 Å². The van der Waals surface area contributed by atoms with E-state index in [-0.39, 0.29) is 23.9 Å². The number of amides is 1. The van der Waals surface area contributed by atoms with Crippen molar-refractivity contribution in [2.75, 3.05) is 11.1 Å². The molecule has 0 spiro atoms. The zero-order chi connectivity index (χ0) is 21.8. The van der Waals surface area contributed by atoms with Gasteiger partial charge in [0.05, 0.1) is 11.4 Å². The van der Waals surface area contributed by atoms with Crippen LogP contribution in [-0.4, -0.2) is 17.5 Å².